The molecule has 0 fully saturated rings. The number of hydrazone groups is 1. The highest BCUT2D eigenvalue weighted by Gasteiger charge is 2.06. The standard InChI is InChI=1S/C21H26N2O3/c1-3-5-11-21(24)23-22-15-18-12-13-19(20(14-18)25-4-2)26-16-17-9-7-6-8-10-17/h6-10,12-15H,3-5,11,16H2,1-2H3,(H,23,24)/b22-15+. The zero-order chi connectivity index (χ0) is 18.6. The normalized spacial score (nSPS) is 10.7. The largest absolute Gasteiger partial charge is 0.490 e. The van der Waals surface area contributed by atoms with Crippen molar-refractivity contribution in [1.29, 1.82) is 0 Å². The summed E-state index contributed by atoms with van der Waals surface area (Å²) in [4.78, 5) is 11.6. The van der Waals surface area contributed by atoms with Gasteiger partial charge in [-0.3, -0.25) is 4.79 Å². The van der Waals surface area contributed by atoms with Crippen LogP contribution in [0.4, 0.5) is 0 Å². The second kappa shape index (κ2) is 10.9. The fourth-order valence-corrected chi connectivity index (χ4v) is 2.30. The minimum absolute atomic E-state index is 0.0732. The van der Waals surface area contributed by atoms with Crippen molar-refractivity contribution in [2.75, 3.05) is 6.61 Å². The van der Waals surface area contributed by atoms with Crippen LogP contribution in [0.5, 0.6) is 11.5 Å². The van der Waals surface area contributed by atoms with E-state index >= 15 is 0 Å². The van der Waals surface area contributed by atoms with Crippen LogP contribution in [0.25, 0.3) is 0 Å². The summed E-state index contributed by atoms with van der Waals surface area (Å²) >= 11 is 0. The third-order valence-electron chi connectivity index (χ3n) is 3.67. The van der Waals surface area contributed by atoms with E-state index in [9.17, 15) is 4.79 Å². The molecule has 0 spiro atoms. The first-order valence-corrected chi connectivity index (χ1v) is 8.98. The van der Waals surface area contributed by atoms with Gasteiger partial charge in [-0.05, 0) is 42.7 Å². The van der Waals surface area contributed by atoms with Gasteiger partial charge in [0, 0.05) is 6.42 Å². The minimum Gasteiger partial charge on any atom is -0.490 e. The fourth-order valence-electron chi connectivity index (χ4n) is 2.30. The van der Waals surface area contributed by atoms with Crippen molar-refractivity contribution in [2.24, 2.45) is 5.10 Å². The van der Waals surface area contributed by atoms with Gasteiger partial charge in [-0.15, -0.1) is 0 Å². The molecule has 0 unspecified atom stereocenters. The Balaban J connectivity index is 1.99. The maximum atomic E-state index is 11.6. The number of hydrogen-bond acceptors (Lipinski definition) is 4. The first-order chi connectivity index (χ1) is 12.7. The van der Waals surface area contributed by atoms with E-state index in [4.69, 9.17) is 9.47 Å². The molecule has 138 valence electrons. The summed E-state index contributed by atoms with van der Waals surface area (Å²) in [5, 5.41) is 4.00. The number of carbonyl (C=O) groups excluding carboxylic acids is 1. The monoisotopic (exact) mass is 354 g/mol. The van der Waals surface area contributed by atoms with Crippen molar-refractivity contribution in [3.05, 3.63) is 59.7 Å². The number of unbranched alkanes of at least 4 members (excludes halogenated alkanes) is 1. The van der Waals surface area contributed by atoms with Crippen LogP contribution in [0.1, 0.15) is 44.2 Å². The van der Waals surface area contributed by atoms with Crippen molar-refractivity contribution in [3.8, 4) is 11.5 Å². The van der Waals surface area contributed by atoms with Crippen LogP contribution in [-0.4, -0.2) is 18.7 Å². The van der Waals surface area contributed by atoms with Gasteiger partial charge in [0.2, 0.25) is 5.91 Å². The summed E-state index contributed by atoms with van der Waals surface area (Å²) in [6, 6.07) is 15.6. The van der Waals surface area contributed by atoms with Crippen molar-refractivity contribution in [2.45, 2.75) is 39.7 Å². The molecule has 0 aliphatic carbocycles. The number of amides is 1. The Hall–Kier alpha value is -2.82. The van der Waals surface area contributed by atoms with Gasteiger partial charge >= 0.3 is 0 Å². The third kappa shape index (κ3) is 6.59. The molecule has 5 heteroatoms. The molecule has 1 N–H and O–H groups in total. The van der Waals surface area contributed by atoms with E-state index in [1.165, 1.54) is 0 Å². The van der Waals surface area contributed by atoms with E-state index in [1.807, 2.05) is 62.4 Å². The summed E-state index contributed by atoms with van der Waals surface area (Å²) in [7, 11) is 0. The summed E-state index contributed by atoms with van der Waals surface area (Å²) < 4.78 is 11.6. The topological polar surface area (TPSA) is 59.9 Å². The molecule has 0 saturated heterocycles. The Morgan fingerprint density at radius 3 is 2.62 bits per heavy atom. The van der Waals surface area contributed by atoms with Gasteiger partial charge in [0.05, 0.1) is 12.8 Å². The Kier molecular flexibility index (Phi) is 8.19. The van der Waals surface area contributed by atoms with Gasteiger partial charge in [-0.25, -0.2) is 5.43 Å². The lowest BCUT2D eigenvalue weighted by atomic mass is 10.2. The maximum absolute atomic E-state index is 11.6. The molecule has 26 heavy (non-hydrogen) atoms. The first kappa shape index (κ1) is 19.5. The van der Waals surface area contributed by atoms with Crippen LogP contribution >= 0.6 is 0 Å². The second-order valence-corrected chi connectivity index (χ2v) is 5.81. The summed E-state index contributed by atoms with van der Waals surface area (Å²) in [6.45, 7) is 4.99. The number of benzene rings is 2. The molecular weight excluding hydrogens is 328 g/mol. The zero-order valence-corrected chi connectivity index (χ0v) is 15.4. The number of carbonyl (C=O) groups is 1. The number of nitrogens with one attached hydrogen (secondary N) is 1. The highest BCUT2D eigenvalue weighted by molar-refractivity contribution is 5.83. The predicted molar refractivity (Wildman–Crippen MR) is 104 cm³/mol. The Labute approximate surface area is 155 Å². The lowest BCUT2D eigenvalue weighted by Gasteiger charge is -2.12. The number of hydrogen-bond donors (Lipinski definition) is 1. The Morgan fingerprint density at radius 1 is 1.08 bits per heavy atom. The lowest BCUT2D eigenvalue weighted by molar-refractivity contribution is -0.121. The Morgan fingerprint density at radius 2 is 1.88 bits per heavy atom. The van der Waals surface area contributed by atoms with Gasteiger partial charge in [0.15, 0.2) is 11.5 Å². The van der Waals surface area contributed by atoms with Crippen LogP contribution in [0, 0.1) is 0 Å². The van der Waals surface area contributed by atoms with Gasteiger partial charge in [0.25, 0.3) is 0 Å². The minimum atomic E-state index is -0.0732. The number of rotatable bonds is 10. The molecule has 0 aromatic heterocycles. The molecule has 5 nitrogen and oxygen atoms in total. The van der Waals surface area contributed by atoms with Crippen molar-refractivity contribution in [3.63, 3.8) is 0 Å². The molecule has 2 rings (SSSR count). The highest BCUT2D eigenvalue weighted by Crippen LogP contribution is 2.28. The molecule has 0 aliphatic rings. The zero-order valence-electron chi connectivity index (χ0n) is 15.4. The molecule has 0 saturated carbocycles. The molecule has 0 heterocycles. The first-order valence-electron chi connectivity index (χ1n) is 8.98. The highest BCUT2D eigenvalue weighted by atomic mass is 16.5. The van der Waals surface area contributed by atoms with E-state index < -0.39 is 0 Å². The molecular formula is C21H26N2O3. The van der Waals surface area contributed by atoms with Crippen LogP contribution in [0.3, 0.4) is 0 Å². The van der Waals surface area contributed by atoms with E-state index in [2.05, 4.69) is 10.5 Å². The number of nitrogens with zero attached hydrogens (tertiary/aromatic N) is 1. The van der Waals surface area contributed by atoms with Crippen LogP contribution in [0.15, 0.2) is 53.6 Å². The smallest absolute Gasteiger partial charge is 0.240 e. The lowest BCUT2D eigenvalue weighted by Crippen LogP contribution is -2.16. The molecule has 2 aromatic carbocycles. The van der Waals surface area contributed by atoms with Crippen LogP contribution < -0.4 is 14.9 Å². The predicted octanol–water partition coefficient (Wildman–Crippen LogP) is 4.30. The van der Waals surface area contributed by atoms with Crippen molar-refractivity contribution in [1.82, 2.24) is 5.43 Å². The van der Waals surface area contributed by atoms with E-state index in [-0.39, 0.29) is 5.91 Å². The molecule has 0 bridgehead atoms. The van der Waals surface area contributed by atoms with E-state index in [0.29, 0.717) is 31.1 Å². The Bertz CT molecular complexity index is 714. The molecule has 0 aliphatic heterocycles. The van der Waals surface area contributed by atoms with Gasteiger partial charge in [-0.1, -0.05) is 43.7 Å². The van der Waals surface area contributed by atoms with Crippen molar-refractivity contribution < 1.29 is 14.3 Å². The molecule has 0 radical (unpaired) electrons. The molecule has 2 aromatic rings. The summed E-state index contributed by atoms with van der Waals surface area (Å²) in [6.07, 6.45) is 3.94. The maximum Gasteiger partial charge on any atom is 0.240 e. The average Bonchev–Trinajstić information content (AvgIpc) is 2.67. The van der Waals surface area contributed by atoms with Crippen molar-refractivity contribution >= 4 is 12.1 Å². The van der Waals surface area contributed by atoms with E-state index in [0.717, 1.165) is 24.0 Å². The van der Waals surface area contributed by atoms with Crippen LogP contribution in [0.2, 0.25) is 0 Å². The summed E-state index contributed by atoms with van der Waals surface area (Å²) in [5.74, 6) is 1.26. The summed E-state index contributed by atoms with van der Waals surface area (Å²) in [5.41, 5.74) is 4.46. The quantitative estimate of drug-likeness (QED) is 0.511. The SMILES string of the molecule is CCCCC(=O)N/N=C/c1ccc(OCc2ccccc2)c(OCC)c1. The molecule has 1 amide bonds. The van der Waals surface area contributed by atoms with E-state index in [1.54, 1.807) is 6.21 Å². The fraction of sp³-hybridized carbons (Fsp3) is 0.333. The van der Waals surface area contributed by atoms with Gasteiger partial charge in [-0.2, -0.15) is 5.10 Å². The average molecular weight is 354 g/mol. The number of ether oxygens (including phenoxy) is 2. The second-order valence-electron chi connectivity index (χ2n) is 5.81. The molecule has 0 atom stereocenters. The third-order valence-corrected chi connectivity index (χ3v) is 3.67. The van der Waals surface area contributed by atoms with Gasteiger partial charge in [0.1, 0.15) is 6.61 Å². The van der Waals surface area contributed by atoms with Crippen LogP contribution in [-0.2, 0) is 11.4 Å². The van der Waals surface area contributed by atoms with Gasteiger partial charge < -0.3 is 9.47 Å².